The lowest BCUT2D eigenvalue weighted by Crippen LogP contribution is -2.11. The van der Waals surface area contributed by atoms with Gasteiger partial charge in [0.05, 0.1) is 0 Å². The molecule has 1 rings (SSSR count). The van der Waals surface area contributed by atoms with Gasteiger partial charge in [-0.3, -0.25) is 4.79 Å². The molecule has 0 N–H and O–H groups in total. The van der Waals surface area contributed by atoms with Gasteiger partial charge < -0.3 is 4.74 Å². The normalized spacial score (nSPS) is 32.2. The van der Waals surface area contributed by atoms with E-state index in [1.54, 1.807) is 0 Å². The van der Waals surface area contributed by atoms with E-state index in [1.807, 2.05) is 0 Å². The van der Waals surface area contributed by atoms with Gasteiger partial charge in [-0.2, -0.15) is 0 Å². The van der Waals surface area contributed by atoms with E-state index in [-0.39, 0.29) is 12.1 Å². The average molecular weight is 142 g/mol. The van der Waals surface area contributed by atoms with Crippen LogP contribution in [0.5, 0.6) is 0 Å². The lowest BCUT2D eigenvalue weighted by Gasteiger charge is -2.08. The fourth-order valence-electron chi connectivity index (χ4n) is 1.50. The summed E-state index contributed by atoms with van der Waals surface area (Å²) in [6, 6.07) is 0. The average Bonchev–Trinajstić information content (AvgIpc) is 2.13. The molecule has 0 bridgehead atoms. The summed E-state index contributed by atoms with van der Waals surface area (Å²) in [6.45, 7) is 3.67. The van der Waals surface area contributed by atoms with Crippen molar-refractivity contribution in [2.24, 2.45) is 5.92 Å². The molecule has 2 nitrogen and oxygen atoms in total. The Labute approximate surface area is 61.6 Å². The highest BCUT2D eigenvalue weighted by Gasteiger charge is 2.22. The SMILES string of the molecule is CC(=O)OC1CCC(C)C1. The molecular formula is C8H14O2. The molecular weight excluding hydrogens is 128 g/mol. The lowest BCUT2D eigenvalue weighted by atomic mass is 10.1. The van der Waals surface area contributed by atoms with Gasteiger partial charge >= 0.3 is 5.97 Å². The summed E-state index contributed by atoms with van der Waals surface area (Å²) < 4.78 is 5.04. The number of carbonyl (C=O) groups excluding carboxylic acids is 1. The van der Waals surface area contributed by atoms with Crippen LogP contribution in [0.4, 0.5) is 0 Å². The Hall–Kier alpha value is -0.530. The maximum absolute atomic E-state index is 10.5. The summed E-state index contributed by atoms with van der Waals surface area (Å²) in [5.74, 6) is 0.600. The van der Waals surface area contributed by atoms with E-state index in [0.717, 1.165) is 18.8 Å². The number of hydrogen-bond donors (Lipinski definition) is 0. The summed E-state index contributed by atoms with van der Waals surface area (Å²) >= 11 is 0. The second-order valence-electron chi connectivity index (χ2n) is 3.15. The molecule has 0 aliphatic heterocycles. The molecule has 1 aliphatic carbocycles. The third kappa shape index (κ3) is 2.01. The van der Waals surface area contributed by atoms with Gasteiger partial charge in [-0.25, -0.2) is 0 Å². The Bertz CT molecular complexity index is 131. The number of carbonyl (C=O) groups is 1. The number of hydrogen-bond acceptors (Lipinski definition) is 2. The van der Waals surface area contributed by atoms with E-state index >= 15 is 0 Å². The molecule has 0 aromatic carbocycles. The third-order valence-electron chi connectivity index (χ3n) is 1.98. The van der Waals surface area contributed by atoms with Gasteiger partial charge in [-0.15, -0.1) is 0 Å². The number of rotatable bonds is 1. The molecule has 0 spiro atoms. The molecule has 0 radical (unpaired) electrons. The van der Waals surface area contributed by atoms with Crippen LogP contribution in [0.15, 0.2) is 0 Å². The van der Waals surface area contributed by atoms with Crippen molar-refractivity contribution in [1.82, 2.24) is 0 Å². The maximum atomic E-state index is 10.5. The van der Waals surface area contributed by atoms with Crippen molar-refractivity contribution in [2.45, 2.75) is 39.2 Å². The Morgan fingerprint density at radius 2 is 2.20 bits per heavy atom. The van der Waals surface area contributed by atoms with Crippen LogP contribution < -0.4 is 0 Å². The summed E-state index contributed by atoms with van der Waals surface area (Å²) in [4.78, 5) is 10.5. The van der Waals surface area contributed by atoms with Gasteiger partial charge in [0.25, 0.3) is 0 Å². The third-order valence-corrected chi connectivity index (χ3v) is 1.98. The molecule has 1 fully saturated rings. The predicted molar refractivity (Wildman–Crippen MR) is 38.6 cm³/mol. The highest BCUT2D eigenvalue weighted by molar-refractivity contribution is 5.66. The minimum absolute atomic E-state index is 0.140. The first kappa shape index (κ1) is 7.58. The monoisotopic (exact) mass is 142 g/mol. The van der Waals surface area contributed by atoms with Crippen molar-refractivity contribution >= 4 is 5.97 Å². The fourth-order valence-corrected chi connectivity index (χ4v) is 1.50. The van der Waals surface area contributed by atoms with Gasteiger partial charge in [0.1, 0.15) is 6.10 Å². The van der Waals surface area contributed by atoms with E-state index in [0.29, 0.717) is 0 Å². The lowest BCUT2D eigenvalue weighted by molar-refractivity contribution is -0.146. The van der Waals surface area contributed by atoms with Crippen LogP contribution in [0.3, 0.4) is 0 Å². The van der Waals surface area contributed by atoms with Crippen LogP contribution in [0.1, 0.15) is 33.1 Å². The number of esters is 1. The molecule has 0 heterocycles. The first-order valence-electron chi connectivity index (χ1n) is 3.85. The molecule has 2 unspecified atom stereocenters. The molecule has 10 heavy (non-hydrogen) atoms. The standard InChI is InChI=1S/C8H14O2/c1-6-3-4-8(5-6)10-7(2)9/h6,8H,3-5H2,1-2H3. The summed E-state index contributed by atoms with van der Waals surface area (Å²) in [7, 11) is 0. The van der Waals surface area contributed by atoms with Crippen molar-refractivity contribution in [3.63, 3.8) is 0 Å². The molecule has 2 heteroatoms. The van der Waals surface area contributed by atoms with E-state index in [4.69, 9.17) is 4.74 Å². The minimum Gasteiger partial charge on any atom is -0.463 e. The predicted octanol–water partition coefficient (Wildman–Crippen LogP) is 1.74. The summed E-state index contributed by atoms with van der Waals surface area (Å²) in [6.07, 6.45) is 3.53. The van der Waals surface area contributed by atoms with Gasteiger partial charge in [-0.1, -0.05) is 6.92 Å². The zero-order valence-corrected chi connectivity index (χ0v) is 6.59. The number of ether oxygens (including phenoxy) is 1. The first-order valence-corrected chi connectivity index (χ1v) is 3.85. The Kier molecular flexibility index (Phi) is 2.30. The maximum Gasteiger partial charge on any atom is 0.302 e. The molecule has 1 saturated carbocycles. The van der Waals surface area contributed by atoms with Gasteiger partial charge in [0, 0.05) is 6.92 Å². The highest BCUT2D eigenvalue weighted by atomic mass is 16.5. The van der Waals surface area contributed by atoms with E-state index < -0.39 is 0 Å². The molecule has 0 amide bonds. The van der Waals surface area contributed by atoms with Gasteiger partial charge in [0.2, 0.25) is 0 Å². The van der Waals surface area contributed by atoms with Crippen LogP contribution in [0.25, 0.3) is 0 Å². The molecule has 1 aliphatic rings. The van der Waals surface area contributed by atoms with Crippen LogP contribution in [0, 0.1) is 5.92 Å². The smallest absolute Gasteiger partial charge is 0.302 e. The molecule has 0 aromatic rings. The van der Waals surface area contributed by atoms with Crippen molar-refractivity contribution in [1.29, 1.82) is 0 Å². The minimum atomic E-state index is -0.140. The highest BCUT2D eigenvalue weighted by Crippen LogP contribution is 2.26. The van der Waals surface area contributed by atoms with Gasteiger partial charge in [0.15, 0.2) is 0 Å². The second kappa shape index (κ2) is 3.04. The topological polar surface area (TPSA) is 26.3 Å². The fraction of sp³-hybridized carbons (Fsp3) is 0.875. The summed E-state index contributed by atoms with van der Waals surface area (Å²) in [5, 5.41) is 0. The van der Waals surface area contributed by atoms with Crippen LogP contribution in [0.2, 0.25) is 0 Å². The van der Waals surface area contributed by atoms with E-state index in [1.165, 1.54) is 13.3 Å². The molecule has 0 aromatic heterocycles. The van der Waals surface area contributed by atoms with Crippen molar-refractivity contribution in [2.75, 3.05) is 0 Å². The van der Waals surface area contributed by atoms with E-state index in [2.05, 4.69) is 6.92 Å². The van der Waals surface area contributed by atoms with E-state index in [9.17, 15) is 4.79 Å². The van der Waals surface area contributed by atoms with Crippen LogP contribution in [-0.2, 0) is 9.53 Å². The second-order valence-corrected chi connectivity index (χ2v) is 3.15. The molecule has 0 saturated heterocycles. The Morgan fingerprint density at radius 1 is 1.50 bits per heavy atom. The Balaban J connectivity index is 2.24. The summed E-state index contributed by atoms with van der Waals surface area (Å²) in [5.41, 5.74) is 0. The first-order chi connectivity index (χ1) is 4.68. The van der Waals surface area contributed by atoms with Crippen LogP contribution >= 0.6 is 0 Å². The Morgan fingerprint density at radius 3 is 2.60 bits per heavy atom. The van der Waals surface area contributed by atoms with Crippen molar-refractivity contribution in [3.05, 3.63) is 0 Å². The zero-order chi connectivity index (χ0) is 7.56. The molecule has 58 valence electrons. The zero-order valence-electron chi connectivity index (χ0n) is 6.59. The van der Waals surface area contributed by atoms with Crippen molar-refractivity contribution in [3.8, 4) is 0 Å². The van der Waals surface area contributed by atoms with Crippen LogP contribution in [-0.4, -0.2) is 12.1 Å². The molecule has 2 atom stereocenters. The van der Waals surface area contributed by atoms with Gasteiger partial charge in [-0.05, 0) is 25.2 Å². The quantitative estimate of drug-likeness (QED) is 0.521. The largest absolute Gasteiger partial charge is 0.463 e. The van der Waals surface area contributed by atoms with Crippen molar-refractivity contribution < 1.29 is 9.53 Å².